The molecule has 2 fully saturated rings. The Morgan fingerprint density at radius 3 is 2.56 bits per heavy atom. The molecular weight excluding hydrogens is 352 g/mol. The van der Waals surface area contributed by atoms with Crippen LogP contribution in [0.5, 0.6) is 0 Å². The zero-order valence-corrected chi connectivity index (χ0v) is 15.7. The topological polar surface area (TPSA) is 116 Å². The highest BCUT2D eigenvalue weighted by molar-refractivity contribution is 5.82. The molecule has 1 atom stereocenters. The Bertz CT molecular complexity index is 718. The van der Waals surface area contributed by atoms with E-state index in [0.717, 1.165) is 6.42 Å². The third-order valence-electron chi connectivity index (χ3n) is 5.31. The van der Waals surface area contributed by atoms with Gasteiger partial charge in [-0.2, -0.15) is 4.98 Å². The number of carbonyl (C=O) groups is 2. The van der Waals surface area contributed by atoms with Gasteiger partial charge in [0.05, 0.1) is 18.6 Å². The first-order valence-corrected chi connectivity index (χ1v) is 9.19. The fourth-order valence-corrected chi connectivity index (χ4v) is 3.52. The van der Waals surface area contributed by atoms with E-state index >= 15 is 0 Å². The summed E-state index contributed by atoms with van der Waals surface area (Å²) >= 11 is 0. The molecule has 9 nitrogen and oxygen atoms in total. The zero-order valence-electron chi connectivity index (χ0n) is 15.7. The molecule has 0 bridgehead atoms. The average Bonchev–Trinajstić information content (AvgIpc) is 3.09. The van der Waals surface area contributed by atoms with Gasteiger partial charge in [0.15, 0.2) is 0 Å². The van der Waals surface area contributed by atoms with Gasteiger partial charge in [-0.25, -0.2) is 4.98 Å². The van der Waals surface area contributed by atoms with Crippen molar-refractivity contribution < 1.29 is 24.5 Å². The fourth-order valence-electron chi connectivity index (χ4n) is 3.52. The van der Waals surface area contributed by atoms with Crippen LogP contribution in [0.3, 0.4) is 0 Å². The standard InChI is InChI=1S/C18H26N4O5/c1-18(2,16(25)26)13-10-19-17(20-15(13)21-5-7-27-8-6-21)22-4-3-12(11-22)9-14(23)24/h10,12H,3-9,11H2,1-2H3,(H,23,24)(H,25,26)/t12-/m0/s1. The van der Waals surface area contributed by atoms with E-state index in [1.807, 2.05) is 9.80 Å². The molecule has 3 rings (SSSR count). The number of carboxylic acid groups (broad SMARTS) is 2. The molecule has 2 N–H and O–H groups in total. The summed E-state index contributed by atoms with van der Waals surface area (Å²) in [6.07, 6.45) is 2.52. The van der Waals surface area contributed by atoms with Crippen LogP contribution < -0.4 is 9.80 Å². The van der Waals surface area contributed by atoms with E-state index in [-0.39, 0.29) is 12.3 Å². The first-order chi connectivity index (χ1) is 12.8. The van der Waals surface area contributed by atoms with Crippen LogP contribution in [0.15, 0.2) is 6.20 Å². The normalized spacial score (nSPS) is 20.7. The molecule has 1 aromatic rings. The van der Waals surface area contributed by atoms with E-state index in [4.69, 9.17) is 14.8 Å². The van der Waals surface area contributed by atoms with Gasteiger partial charge in [0, 0.05) is 44.4 Å². The molecule has 0 aromatic carbocycles. The largest absolute Gasteiger partial charge is 0.481 e. The van der Waals surface area contributed by atoms with Gasteiger partial charge in [0.25, 0.3) is 0 Å². The van der Waals surface area contributed by atoms with E-state index in [9.17, 15) is 14.7 Å². The Balaban J connectivity index is 1.91. The number of aliphatic carboxylic acids is 2. The lowest BCUT2D eigenvalue weighted by Crippen LogP contribution is -2.40. The van der Waals surface area contributed by atoms with Crippen LogP contribution in [-0.2, 0) is 19.7 Å². The molecule has 0 radical (unpaired) electrons. The number of hydrogen-bond donors (Lipinski definition) is 2. The minimum Gasteiger partial charge on any atom is -0.481 e. The third kappa shape index (κ3) is 4.13. The van der Waals surface area contributed by atoms with Crippen molar-refractivity contribution >= 4 is 23.7 Å². The number of rotatable bonds is 6. The molecule has 0 saturated carbocycles. The molecule has 3 heterocycles. The molecular formula is C18H26N4O5. The van der Waals surface area contributed by atoms with Crippen molar-refractivity contribution in [3.05, 3.63) is 11.8 Å². The molecule has 148 valence electrons. The summed E-state index contributed by atoms with van der Waals surface area (Å²) in [6.45, 7) is 7.00. The highest BCUT2D eigenvalue weighted by Crippen LogP contribution is 2.33. The van der Waals surface area contributed by atoms with Gasteiger partial charge in [-0.3, -0.25) is 9.59 Å². The van der Waals surface area contributed by atoms with Crippen molar-refractivity contribution in [2.75, 3.05) is 49.2 Å². The molecule has 27 heavy (non-hydrogen) atoms. The van der Waals surface area contributed by atoms with Crippen LogP contribution in [0.1, 0.15) is 32.3 Å². The molecule has 0 amide bonds. The van der Waals surface area contributed by atoms with Gasteiger partial charge < -0.3 is 24.7 Å². The zero-order chi connectivity index (χ0) is 19.6. The first kappa shape index (κ1) is 19.3. The van der Waals surface area contributed by atoms with Gasteiger partial charge in [-0.1, -0.05) is 0 Å². The second-order valence-corrected chi connectivity index (χ2v) is 7.64. The van der Waals surface area contributed by atoms with Crippen molar-refractivity contribution in [1.29, 1.82) is 0 Å². The molecule has 2 aliphatic heterocycles. The summed E-state index contributed by atoms with van der Waals surface area (Å²) in [5, 5.41) is 18.7. The van der Waals surface area contributed by atoms with Crippen molar-refractivity contribution in [3.63, 3.8) is 0 Å². The van der Waals surface area contributed by atoms with E-state index in [1.165, 1.54) is 0 Å². The molecule has 1 aromatic heterocycles. The number of carboxylic acids is 2. The van der Waals surface area contributed by atoms with Crippen molar-refractivity contribution in [2.24, 2.45) is 5.92 Å². The first-order valence-electron chi connectivity index (χ1n) is 9.19. The molecule has 2 aliphatic rings. The maximum atomic E-state index is 11.8. The van der Waals surface area contributed by atoms with Crippen molar-refractivity contribution in [2.45, 2.75) is 32.1 Å². The molecule has 9 heteroatoms. The number of aromatic nitrogens is 2. The van der Waals surface area contributed by atoms with Crippen LogP contribution in [0.4, 0.5) is 11.8 Å². The number of ether oxygens (including phenoxy) is 1. The maximum absolute atomic E-state index is 11.8. The van der Waals surface area contributed by atoms with Crippen LogP contribution in [0.2, 0.25) is 0 Å². The summed E-state index contributed by atoms with van der Waals surface area (Å²) in [4.78, 5) is 35.9. The minimum absolute atomic E-state index is 0.0769. The summed E-state index contributed by atoms with van der Waals surface area (Å²) in [7, 11) is 0. The lowest BCUT2D eigenvalue weighted by Gasteiger charge is -2.33. The minimum atomic E-state index is -1.12. The quantitative estimate of drug-likeness (QED) is 0.747. The second kappa shape index (κ2) is 7.67. The van der Waals surface area contributed by atoms with E-state index in [2.05, 4.69) is 4.98 Å². The van der Waals surface area contributed by atoms with Gasteiger partial charge in [-0.15, -0.1) is 0 Å². The van der Waals surface area contributed by atoms with Crippen molar-refractivity contribution in [3.8, 4) is 0 Å². The SMILES string of the molecule is CC(C)(C(=O)O)c1cnc(N2CC[C@@H](CC(=O)O)C2)nc1N1CCOCC1. The number of nitrogens with zero attached hydrogens (tertiary/aromatic N) is 4. The number of morpholine rings is 1. The number of hydrogen-bond acceptors (Lipinski definition) is 7. The summed E-state index contributed by atoms with van der Waals surface area (Å²) in [6, 6.07) is 0. The van der Waals surface area contributed by atoms with Gasteiger partial charge in [0.2, 0.25) is 5.95 Å². The number of anilines is 2. The second-order valence-electron chi connectivity index (χ2n) is 7.64. The van der Waals surface area contributed by atoms with Crippen LogP contribution >= 0.6 is 0 Å². The molecule has 0 unspecified atom stereocenters. The lowest BCUT2D eigenvalue weighted by atomic mass is 9.85. The summed E-state index contributed by atoms with van der Waals surface area (Å²) < 4.78 is 5.41. The Kier molecular flexibility index (Phi) is 5.50. The van der Waals surface area contributed by atoms with Gasteiger partial charge in [-0.05, 0) is 26.2 Å². The molecule has 0 spiro atoms. The third-order valence-corrected chi connectivity index (χ3v) is 5.31. The highest BCUT2D eigenvalue weighted by Gasteiger charge is 2.36. The fraction of sp³-hybridized carbons (Fsp3) is 0.667. The Labute approximate surface area is 158 Å². The lowest BCUT2D eigenvalue weighted by molar-refractivity contribution is -0.142. The van der Waals surface area contributed by atoms with E-state index < -0.39 is 17.4 Å². The Hall–Kier alpha value is -2.42. The van der Waals surface area contributed by atoms with Crippen LogP contribution in [0.25, 0.3) is 0 Å². The van der Waals surface area contributed by atoms with Crippen LogP contribution in [-0.4, -0.2) is 71.5 Å². The predicted molar refractivity (Wildman–Crippen MR) is 98.3 cm³/mol. The highest BCUT2D eigenvalue weighted by atomic mass is 16.5. The summed E-state index contributed by atoms with van der Waals surface area (Å²) in [5.74, 6) is -0.508. The Morgan fingerprint density at radius 2 is 1.93 bits per heavy atom. The van der Waals surface area contributed by atoms with E-state index in [1.54, 1.807) is 20.0 Å². The average molecular weight is 378 g/mol. The molecule has 0 aliphatic carbocycles. The van der Waals surface area contributed by atoms with E-state index in [0.29, 0.717) is 56.7 Å². The van der Waals surface area contributed by atoms with Gasteiger partial charge >= 0.3 is 11.9 Å². The smallest absolute Gasteiger partial charge is 0.313 e. The van der Waals surface area contributed by atoms with Gasteiger partial charge in [0.1, 0.15) is 5.82 Å². The maximum Gasteiger partial charge on any atom is 0.313 e. The molecule has 2 saturated heterocycles. The Morgan fingerprint density at radius 1 is 1.22 bits per heavy atom. The van der Waals surface area contributed by atoms with Crippen LogP contribution in [0, 0.1) is 5.92 Å². The summed E-state index contributed by atoms with van der Waals surface area (Å²) in [5.41, 5.74) is -0.551. The monoisotopic (exact) mass is 378 g/mol. The predicted octanol–water partition coefficient (Wildman–Crippen LogP) is 0.976. The van der Waals surface area contributed by atoms with Crippen molar-refractivity contribution in [1.82, 2.24) is 9.97 Å².